The maximum Gasteiger partial charge on any atom is 0.232 e. The molecule has 0 bridgehead atoms. The molecule has 0 radical (unpaired) electrons. The van der Waals surface area contributed by atoms with E-state index in [2.05, 4.69) is 53.4 Å². The summed E-state index contributed by atoms with van der Waals surface area (Å²) in [7, 11) is 2.04. The van der Waals surface area contributed by atoms with Gasteiger partial charge in [-0.05, 0) is 42.7 Å². The molecule has 140 valence electrons. The summed E-state index contributed by atoms with van der Waals surface area (Å²) in [6.45, 7) is 1.83. The van der Waals surface area contributed by atoms with Gasteiger partial charge in [-0.25, -0.2) is 8.42 Å². The molecule has 0 atom stereocenters. The first-order valence-electron chi connectivity index (χ1n) is 9.24. The fraction of sp³-hybridized carbons (Fsp3) is 0.429. The van der Waals surface area contributed by atoms with Crippen LogP contribution in [0.5, 0.6) is 0 Å². The summed E-state index contributed by atoms with van der Waals surface area (Å²) >= 11 is 0. The first kappa shape index (κ1) is 19.4. The van der Waals surface area contributed by atoms with Crippen LogP contribution >= 0.6 is 10.7 Å². The second-order valence-electron chi connectivity index (χ2n) is 7.26. The van der Waals surface area contributed by atoms with Crippen LogP contribution in [0.25, 0.3) is 0 Å². The average molecular weight is 392 g/mol. The van der Waals surface area contributed by atoms with Crippen LogP contribution in [0.4, 0.5) is 0 Å². The fourth-order valence-corrected chi connectivity index (χ4v) is 5.34. The minimum absolute atomic E-state index is 0.110. The van der Waals surface area contributed by atoms with Crippen molar-refractivity contribution in [3.8, 4) is 0 Å². The Labute approximate surface area is 161 Å². The first-order valence-corrected chi connectivity index (χ1v) is 11.7. The molecule has 3 rings (SSSR count). The highest BCUT2D eigenvalue weighted by Crippen LogP contribution is 2.31. The lowest BCUT2D eigenvalue weighted by atomic mass is 9.86. The molecule has 1 aliphatic carbocycles. The van der Waals surface area contributed by atoms with Crippen molar-refractivity contribution in [3.05, 3.63) is 71.8 Å². The third-order valence-corrected chi connectivity index (χ3v) is 6.47. The summed E-state index contributed by atoms with van der Waals surface area (Å²) in [5, 5.41) is 0. The second-order valence-corrected chi connectivity index (χ2v) is 10.1. The molecule has 0 saturated heterocycles. The Kier molecular flexibility index (Phi) is 6.74. The van der Waals surface area contributed by atoms with Crippen LogP contribution in [0.15, 0.2) is 60.7 Å². The van der Waals surface area contributed by atoms with Crippen LogP contribution in [0.3, 0.4) is 0 Å². The normalized spacial score (nSPS) is 21.0. The summed E-state index contributed by atoms with van der Waals surface area (Å²) in [5.74, 6) is 0.308. The summed E-state index contributed by atoms with van der Waals surface area (Å²) in [5.41, 5.74) is 2.63. The van der Waals surface area contributed by atoms with Crippen LogP contribution in [-0.4, -0.2) is 25.1 Å². The van der Waals surface area contributed by atoms with Gasteiger partial charge >= 0.3 is 0 Å². The lowest BCUT2D eigenvalue weighted by Crippen LogP contribution is -2.38. The largest absolute Gasteiger partial charge is 0.292 e. The molecule has 0 amide bonds. The van der Waals surface area contributed by atoms with E-state index in [9.17, 15) is 8.42 Å². The topological polar surface area (TPSA) is 37.4 Å². The molecule has 1 fully saturated rings. The number of hydrogen-bond donors (Lipinski definition) is 0. The van der Waals surface area contributed by atoms with E-state index in [4.69, 9.17) is 10.7 Å². The third kappa shape index (κ3) is 6.11. The van der Waals surface area contributed by atoms with Crippen molar-refractivity contribution in [3.63, 3.8) is 0 Å². The zero-order valence-electron chi connectivity index (χ0n) is 14.9. The molecule has 0 heterocycles. The van der Waals surface area contributed by atoms with Gasteiger partial charge in [-0.1, -0.05) is 60.7 Å². The van der Waals surface area contributed by atoms with Crippen molar-refractivity contribution in [1.29, 1.82) is 0 Å². The number of benzene rings is 2. The zero-order chi connectivity index (χ0) is 18.4. The lowest BCUT2D eigenvalue weighted by Gasteiger charge is -2.37. The molecule has 5 heteroatoms. The highest BCUT2D eigenvalue weighted by molar-refractivity contribution is 8.13. The summed E-state index contributed by atoms with van der Waals surface area (Å²) in [6, 6.07) is 21.6. The van der Waals surface area contributed by atoms with Gasteiger partial charge in [0.15, 0.2) is 0 Å². The van der Waals surface area contributed by atoms with Crippen LogP contribution in [0, 0.1) is 5.92 Å². The molecule has 3 nitrogen and oxygen atoms in total. The Balaban J connectivity index is 1.67. The second kappa shape index (κ2) is 9.03. The maximum absolute atomic E-state index is 11.4. The molecule has 26 heavy (non-hydrogen) atoms. The predicted octanol–water partition coefficient (Wildman–Crippen LogP) is 4.82. The van der Waals surface area contributed by atoms with Crippen molar-refractivity contribution in [2.75, 3.05) is 5.75 Å². The summed E-state index contributed by atoms with van der Waals surface area (Å²) in [6.07, 6.45) is 3.90. The molecule has 0 spiro atoms. The van der Waals surface area contributed by atoms with Gasteiger partial charge in [-0.2, -0.15) is 0 Å². The molecule has 2 aromatic carbocycles. The van der Waals surface area contributed by atoms with Crippen LogP contribution < -0.4 is 0 Å². The SMILES string of the molecule is O=S(=O)(Cl)C[C@H]1CC[C@H](N(Cc2ccccc2)Cc2ccccc2)CC1. The Bertz CT molecular complexity index is 731. The number of hydrogen-bond acceptors (Lipinski definition) is 3. The third-order valence-electron chi connectivity index (χ3n) is 5.22. The molecule has 1 aliphatic rings. The number of halogens is 1. The van der Waals surface area contributed by atoms with Gasteiger partial charge < -0.3 is 0 Å². The Morgan fingerprint density at radius 2 is 1.27 bits per heavy atom. The van der Waals surface area contributed by atoms with E-state index in [0.29, 0.717) is 6.04 Å². The standard InChI is InChI=1S/C21H26ClNO2S/c22-26(24,25)17-20-11-13-21(14-12-20)23(15-18-7-3-1-4-8-18)16-19-9-5-2-6-10-19/h1-10,20-21H,11-17H2/t20-,21-. The van der Waals surface area contributed by atoms with Crippen molar-refractivity contribution >= 4 is 19.7 Å². The van der Waals surface area contributed by atoms with Gasteiger partial charge in [0.1, 0.15) is 0 Å². The molecule has 0 aliphatic heterocycles. The molecule has 1 saturated carbocycles. The van der Waals surface area contributed by atoms with Crippen LogP contribution in [0.2, 0.25) is 0 Å². The van der Waals surface area contributed by atoms with E-state index in [0.717, 1.165) is 38.8 Å². The van der Waals surface area contributed by atoms with Gasteiger partial charge in [0, 0.05) is 29.8 Å². The smallest absolute Gasteiger partial charge is 0.232 e. The van der Waals surface area contributed by atoms with Crippen molar-refractivity contribution in [1.82, 2.24) is 4.90 Å². The quantitative estimate of drug-likeness (QED) is 0.635. The Morgan fingerprint density at radius 1 is 0.808 bits per heavy atom. The van der Waals surface area contributed by atoms with E-state index in [1.54, 1.807) is 0 Å². The van der Waals surface area contributed by atoms with Gasteiger partial charge in [0.2, 0.25) is 9.05 Å². The van der Waals surface area contributed by atoms with Gasteiger partial charge in [0.05, 0.1) is 5.75 Å². The van der Waals surface area contributed by atoms with Crippen LogP contribution in [-0.2, 0) is 22.1 Å². The number of rotatable bonds is 7. The fourth-order valence-electron chi connectivity index (χ4n) is 3.91. The van der Waals surface area contributed by atoms with E-state index in [-0.39, 0.29) is 11.7 Å². The minimum atomic E-state index is -3.40. The van der Waals surface area contributed by atoms with Gasteiger partial charge in [-0.15, -0.1) is 0 Å². The molecule has 0 unspecified atom stereocenters. The lowest BCUT2D eigenvalue weighted by molar-refractivity contribution is 0.125. The van der Waals surface area contributed by atoms with E-state index in [1.165, 1.54) is 11.1 Å². The van der Waals surface area contributed by atoms with E-state index in [1.807, 2.05) is 12.1 Å². The van der Waals surface area contributed by atoms with E-state index >= 15 is 0 Å². The average Bonchev–Trinajstić information content (AvgIpc) is 2.62. The summed E-state index contributed by atoms with van der Waals surface area (Å²) < 4.78 is 22.7. The maximum atomic E-state index is 11.4. The molecular formula is C21H26ClNO2S. The monoisotopic (exact) mass is 391 g/mol. The van der Waals surface area contributed by atoms with Crippen molar-refractivity contribution < 1.29 is 8.42 Å². The van der Waals surface area contributed by atoms with E-state index < -0.39 is 9.05 Å². The Hall–Kier alpha value is -1.36. The molecule has 0 N–H and O–H groups in total. The highest BCUT2D eigenvalue weighted by Gasteiger charge is 2.28. The Morgan fingerprint density at radius 3 is 1.69 bits per heavy atom. The van der Waals surface area contributed by atoms with Gasteiger partial charge in [0.25, 0.3) is 0 Å². The highest BCUT2D eigenvalue weighted by atomic mass is 35.7. The van der Waals surface area contributed by atoms with Crippen LogP contribution in [0.1, 0.15) is 36.8 Å². The summed E-state index contributed by atoms with van der Waals surface area (Å²) in [4.78, 5) is 2.54. The zero-order valence-corrected chi connectivity index (χ0v) is 16.5. The first-order chi connectivity index (χ1) is 12.5. The minimum Gasteiger partial charge on any atom is -0.292 e. The predicted molar refractivity (Wildman–Crippen MR) is 108 cm³/mol. The molecule has 2 aromatic rings. The van der Waals surface area contributed by atoms with Crippen molar-refractivity contribution in [2.24, 2.45) is 5.92 Å². The molecule has 0 aromatic heterocycles. The molecular weight excluding hydrogens is 366 g/mol. The van der Waals surface area contributed by atoms with Gasteiger partial charge in [-0.3, -0.25) is 4.90 Å². The number of nitrogens with zero attached hydrogens (tertiary/aromatic N) is 1. The van der Waals surface area contributed by atoms with Crippen molar-refractivity contribution in [2.45, 2.75) is 44.8 Å².